The van der Waals surface area contributed by atoms with E-state index in [1.54, 1.807) is 38.1 Å². The summed E-state index contributed by atoms with van der Waals surface area (Å²) in [5.74, 6) is -0.527. The molecule has 1 unspecified atom stereocenters. The highest BCUT2D eigenvalue weighted by Gasteiger charge is 2.17. The van der Waals surface area contributed by atoms with E-state index in [1.165, 1.54) is 0 Å². The molecule has 1 rings (SSSR count). The Morgan fingerprint density at radius 3 is 2.52 bits per heavy atom. The van der Waals surface area contributed by atoms with Gasteiger partial charge in [0.25, 0.3) is 0 Å². The molecule has 4 nitrogen and oxygen atoms in total. The van der Waals surface area contributed by atoms with E-state index in [0.717, 1.165) is 19.3 Å². The zero-order chi connectivity index (χ0) is 15.7. The third kappa shape index (κ3) is 5.68. The number of carbonyl (C=O) groups is 2. The molecule has 116 valence electrons. The molecule has 0 aliphatic heterocycles. The molecular formula is C17H24O4. The van der Waals surface area contributed by atoms with Gasteiger partial charge in [0.2, 0.25) is 0 Å². The number of rotatable bonds is 9. The Balaban J connectivity index is 2.65. The van der Waals surface area contributed by atoms with Gasteiger partial charge in [0, 0.05) is 12.2 Å². The Bertz CT molecular complexity index is 468. The van der Waals surface area contributed by atoms with Crippen molar-refractivity contribution in [3.05, 3.63) is 35.4 Å². The van der Waals surface area contributed by atoms with Gasteiger partial charge >= 0.3 is 5.97 Å². The Hall–Kier alpha value is -1.68. The van der Waals surface area contributed by atoms with Crippen molar-refractivity contribution in [2.75, 3.05) is 13.2 Å². The SMILES string of the molecule is CCCCCOC(C)C(=O)c1cccc(C(=O)OCC)c1. The second kappa shape index (κ2) is 9.29. The maximum absolute atomic E-state index is 12.3. The molecule has 0 aliphatic carbocycles. The maximum atomic E-state index is 12.3. The zero-order valence-corrected chi connectivity index (χ0v) is 13.1. The maximum Gasteiger partial charge on any atom is 0.338 e. The highest BCUT2D eigenvalue weighted by Crippen LogP contribution is 2.11. The van der Waals surface area contributed by atoms with Gasteiger partial charge in [-0.05, 0) is 32.4 Å². The second-order valence-electron chi connectivity index (χ2n) is 4.89. The molecule has 0 saturated carbocycles. The monoisotopic (exact) mass is 292 g/mol. The van der Waals surface area contributed by atoms with E-state index in [0.29, 0.717) is 24.3 Å². The third-order valence-electron chi connectivity index (χ3n) is 3.14. The van der Waals surface area contributed by atoms with Crippen LogP contribution < -0.4 is 0 Å². The summed E-state index contributed by atoms with van der Waals surface area (Å²) < 4.78 is 10.5. The van der Waals surface area contributed by atoms with E-state index in [-0.39, 0.29) is 5.78 Å². The smallest absolute Gasteiger partial charge is 0.338 e. The van der Waals surface area contributed by atoms with Gasteiger partial charge in [0.15, 0.2) is 5.78 Å². The lowest BCUT2D eigenvalue weighted by Crippen LogP contribution is -2.22. The minimum Gasteiger partial charge on any atom is -0.462 e. The first kappa shape index (κ1) is 17.4. The standard InChI is InChI=1S/C17H24O4/c1-4-6-7-11-21-13(3)16(18)14-9-8-10-15(12-14)17(19)20-5-2/h8-10,12-13H,4-7,11H2,1-3H3. The summed E-state index contributed by atoms with van der Waals surface area (Å²) in [5, 5.41) is 0. The van der Waals surface area contributed by atoms with Crippen LogP contribution in [0.1, 0.15) is 60.7 Å². The molecule has 0 aromatic heterocycles. The predicted octanol–water partition coefficient (Wildman–Crippen LogP) is 3.64. The van der Waals surface area contributed by atoms with E-state index in [4.69, 9.17) is 9.47 Å². The van der Waals surface area contributed by atoms with Crippen LogP contribution in [0.5, 0.6) is 0 Å². The number of benzene rings is 1. The van der Waals surface area contributed by atoms with Gasteiger partial charge < -0.3 is 9.47 Å². The molecule has 0 aliphatic rings. The normalized spacial score (nSPS) is 12.0. The zero-order valence-electron chi connectivity index (χ0n) is 13.1. The van der Waals surface area contributed by atoms with Crippen LogP contribution in [0.15, 0.2) is 24.3 Å². The number of Topliss-reactive ketones (excluding diaryl/α,β-unsaturated/α-hetero) is 1. The van der Waals surface area contributed by atoms with Gasteiger partial charge in [-0.3, -0.25) is 4.79 Å². The van der Waals surface area contributed by atoms with Gasteiger partial charge in [-0.25, -0.2) is 4.79 Å². The molecule has 0 fully saturated rings. The van der Waals surface area contributed by atoms with Crippen molar-refractivity contribution >= 4 is 11.8 Å². The topological polar surface area (TPSA) is 52.6 Å². The van der Waals surface area contributed by atoms with Gasteiger partial charge in [0.05, 0.1) is 12.2 Å². The quantitative estimate of drug-likeness (QED) is 0.396. The number of unbranched alkanes of at least 4 members (excludes halogenated alkanes) is 2. The minimum atomic E-state index is -0.501. The number of hydrogen-bond acceptors (Lipinski definition) is 4. The second-order valence-corrected chi connectivity index (χ2v) is 4.89. The first-order chi connectivity index (χ1) is 10.1. The summed E-state index contributed by atoms with van der Waals surface area (Å²) in [6.45, 7) is 6.51. The summed E-state index contributed by atoms with van der Waals surface area (Å²) in [6.07, 6.45) is 2.67. The molecule has 0 heterocycles. The van der Waals surface area contributed by atoms with E-state index < -0.39 is 12.1 Å². The summed E-state index contributed by atoms with van der Waals surface area (Å²) in [5.41, 5.74) is 0.865. The van der Waals surface area contributed by atoms with Gasteiger partial charge in [0.1, 0.15) is 6.10 Å². The Morgan fingerprint density at radius 1 is 1.14 bits per heavy atom. The lowest BCUT2D eigenvalue weighted by atomic mass is 10.0. The number of ketones is 1. The van der Waals surface area contributed by atoms with Crippen LogP contribution in [0.3, 0.4) is 0 Å². The van der Waals surface area contributed by atoms with Gasteiger partial charge in [-0.1, -0.05) is 31.9 Å². The van der Waals surface area contributed by atoms with Crippen molar-refractivity contribution < 1.29 is 19.1 Å². The molecule has 1 aromatic carbocycles. The number of carbonyl (C=O) groups excluding carboxylic acids is 2. The largest absolute Gasteiger partial charge is 0.462 e. The molecule has 21 heavy (non-hydrogen) atoms. The van der Waals surface area contributed by atoms with Gasteiger partial charge in [-0.2, -0.15) is 0 Å². The Kier molecular flexibility index (Phi) is 7.69. The first-order valence-corrected chi connectivity index (χ1v) is 7.53. The molecule has 4 heteroatoms. The van der Waals surface area contributed by atoms with Crippen molar-refractivity contribution in [2.45, 2.75) is 46.1 Å². The summed E-state index contributed by atoms with van der Waals surface area (Å²) in [7, 11) is 0. The summed E-state index contributed by atoms with van der Waals surface area (Å²) in [4.78, 5) is 23.9. The van der Waals surface area contributed by atoms with Crippen molar-refractivity contribution in [3.8, 4) is 0 Å². The fraction of sp³-hybridized carbons (Fsp3) is 0.529. The number of esters is 1. The average Bonchev–Trinajstić information content (AvgIpc) is 2.51. The first-order valence-electron chi connectivity index (χ1n) is 7.53. The molecule has 0 saturated heterocycles. The third-order valence-corrected chi connectivity index (χ3v) is 3.14. The van der Waals surface area contributed by atoms with Crippen LogP contribution in [-0.4, -0.2) is 31.1 Å². The molecule has 1 aromatic rings. The molecule has 0 bridgehead atoms. The lowest BCUT2D eigenvalue weighted by molar-refractivity contribution is 0.0464. The van der Waals surface area contributed by atoms with Gasteiger partial charge in [-0.15, -0.1) is 0 Å². The van der Waals surface area contributed by atoms with Crippen LogP contribution in [0.4, 0.5) is 0 Å². The molecule has 1 atom stereocenters. The molecular weight excluding hydrogens is 268 g/mol. The van der Waals surface area contributed by atoms with Crippen LogP contribution in [0, 0.1) is 0 Å². The average molecular weight is 292 g/mol. The van der Waals surface area contributed by atoms with Crippen molar-refractivity contribution in [2.24, 2.45) is 0 Å². The Morgan fingerprint density at radius 2 is 1.86 bits per heavy atom. The van der Waals surface area contributed by atoms with Crippen LogP contribution >= 0.6 is 0 Å². The molecule has 0 spiro atoms. The number of ether oxygens (including phenoxy) is 2. The van der Waals surface area contributed by atoms with E-state index in [9.17, 15) is 9.59 Å². The minimum absolute atomic E-state index is 0.113. The van der Waals surface area contributed by atoms with E-state index in [1.807, 2.05) is 0 Å². The molecule has 0 radical (unpaired) electrons. The highest BCUT2D eigenvalue weighted by atomic mass is 16.5. The highest BCUT2D eigenvalue weighted by molar-refractivity contribution is 6.01. The van der Waals surface area contributed by atoms with Crippen LogP contribution in [0.25, 0.3) is 0 Å². The lowest BCUT2D eigenvalue weighted by Gasteiger charge is -2.12. The fourth-order valence-corrected chi connectivity index (χ4v) is 1.94. The van der Waals surface area contributed by atoms with Crippen molar-refractivity contribution in [1.29, 1.82) is 0 Å². The van der Waals surface area contributed by atoms with E-state index >= 15 is 0 Å². The predicted molar refractivity (Wildman–Crippen MR) is 81.7 cm³/mol. The van der Waals surface area contributed by atoms with Crippen LogP contribution in [-0.2, 0) is 9.47 Å². The van der Waals surface area contributed by atoms with Crippen molar-refractivity contribution in [1.82, 2.24) is 0 Å². The summed E-state index contributed by atoms with van der Waals surface area (Å²) >= 11 is 0. The molecule has 0 amide bonds. The fourth-order valence-electron chi connectivity index (χ4n) is 1.94. The molecule has 0 N–H and O–H groups in total. The van der Waals surface area contributed by atoms with Crippen LogP contribution in [0.2, 0.25) is 0 Å². The Labute approximate surface area is 126 Å². The van der Waals surface area contributed by atoms with E-state index in [2.05, 4.69) is 6.92 Å². The number of hydrogen-bond donors (Lipinski definition) is 0. The summed E-state index contributed by atoms with van der Waals surface area (Å²) in [6, 6.07) is 6.58. The van der Waals surface area contributed by atoms with Crippen molar-refractivity contribution in [3.63, 3.8) is 0 Å².